The number of hydrogen-bond acceptors (Lipinski definition) is 12. The molecule has 6 N–H and O–H groups in total. The molecular weight excluding hydrogens is 572 g/mol. The number of carbonyl (C=O) groups is 3. The molecule has 3 heterocycles. The summed E-state index contributed by atoms with van der Waals surface area (Å²) in [5, 5.41) is 58.4. The molecule has 0 aliphatic carbocycles. The molecule has 0 amide bonds. The van der Waals surface area contributed by atoms with Crippen LogP contribution in [0.2, 0.25) is 0 Å². The smallest absolute Gasteiger partial charge is 0.342 e. The summed E-state index contributed by atoms with van der Waals surface area (Å²) in [6, 6.07) is 9.49. The van der Waals surface area contributed by atoms with Gasteiger partial charge in [-0.2, -0.15) is 0 Å². The maximum absolute atomic E-state index is 12.6. The van der Waals surface area contributed by atoms with E-state index in [9.17, 15) is 39.9 Å². The van der Waals surface area contributed by atoms with E-state index in [1.165, 1.54) is 12.3 Å². The Kier molecular flexibility index (Phi) is 8.79. The number of aliphatic carboxylic acids is 2. The maximum Gasteiger partial charge on any atom is 0.342 e. The van der Waals surface area contributed by atoms with Gasteiger partial charge in [0.15, 0.2) is 10.9 Å². The zero-order chi connectivity index (χ0) is 31.0. The maximum atomic E-state index is 12.6. The SMILES string of the molecule is C=C(CC[C@]12O[C@H](c3csc(NC)n3)[C@@](O)(C(=O)O)[C@](C(=O)O)(O1)[C@H](O)[C@H]2O)[C@@H](OC(C)=O)[C@H](C)Cc1ccccc1. The second-order valence-electron chi connectivity index (χ2n) is 10.6. The lowest BCUT2D eigenvalue weighted by Crippen LogP contribution is -2.73. The molecule has 1 aromatic carbocycles. The molecule has 0 spiro atoms. The van der Waals surface area contributed by atoms with E-state index in [0.717, 1.165) is 16.9 Å². The third kappa shape index (κ3) is 5.08. The largest absolute Gasteiger partial charge is 0.479 e. The van der Waals surface area contributed by atoms with E-state index < -0.39 is 59.3 Å². The number of carbonyl (C=O) groups excluding carboxylic acids is 1. The lowest BCUT2D eigenvalue weighted by atomic mass is 9.74. The fraction of sp³-hybridized carbons (Fsp3) is 0.500. The molecule has 2 aliphatic heterocycles. The Labute approximate surface area is 245 Å². The molecular formula is C28H34N2O11S. The Morgan fingerprint density at radius 3 is 2.38 bits per heavy atom. The first-order valence-electron chi connectivity index (χ1n) is 13.2. The third-order valence-electron chi connectivity index (χ3n) is 7.82. The molecule has 2 bridgehead atoms. The highest BCUT2D eigenvalue weighted by molar-refractivity contribution is 7.13. The second-order valence-corrected chi connectivity index (χ2v) is 11.5. The molecule has 4 rings (SSSR count). The number of aliphatic hydroxyl groups is 3. The zero-order valence-corrected chi connectivity index (χ0v) is 24.0. The standard InChI is InChI=1S/C28H34N2O11S/c1-14(19(39-16(3)31)15(2)12-17-8-6-5-7-9-17)10-11-26-20(32)21(33)28(41-26,24(36)37)27(38,23(34)35)22(40-26)18-13-42-25(29-4)30-18/h5-9,13,15,19-22,32-33,38H,1,10-12H2,2-4H3,(H,29,30)(H,34,35)(H,36,37)/t15-,19-,20-,21-,22-,26+,27-,28+/m1/s1. The highest BCUT2D eigenvalue weighted by atomic mass is 32.1. The Bertz CT molecular complexity index is 1350. The first kappa shape index (κ1) is 31.5. The summed E-state index contributed by atoms with van der Waals surface area (Å²) in [7, 11) is 1.55. The van der Waals surface area contributed by atoms with Crippen LogP contribution >= 0.6 is 11.3 Å². The van der Waals surface area contributed by atoms with Crippen LogP contribution in [0.4, 0.5) is 5.13 Å². The van der Waals surface area contributed by atoms with Crippen molar-refractivity contribution in [1.82, 2.24) is 4.98 Å². The number of aromatic nitrogens is 1. The van der Waals surface area contributed by atoms with Gasteiger partial charge in [0, 0.05) is 31.7 Å². The van der Waals surface area contributed by atoms with Gasteiger partial charge in [0.25, 0.3) is 0 Å². The summed E-state index contributed by atoms with van der Waals surface area (Å²) in [6.45, 7) is 7.19. The van der Waals surface area contributed by atoms with E-state index in [0.29, 0.717) is 17.1 Å². The first-order valence-corrected chi connectivity index (χ1v) is 14.1. The summed E-state index contributed by atoms with van der Waals surface area (Å²) in [5.74, 6) is -7.19. The number of esters is 1. The van der Waals surface area contributed by atoms with Crippen LogP contribution in [0.15, 0.2) is 47.9 Å². The van der Waals surface area contributed by atoms with Crippen LogP contribution in [0.25, 0.3) is 0 Å². The Morgan fingerprint density at radius 1 is 1.17 bits per heavy atom. The summed E-state index contributed by atoms with van der Waals surface area (Å²) in [5.41, 5.74) is -5.41. The number of hydrogen-bond donors (Lipinski definition) is 6. The molecule has 42 heavy (non-hydrogen) atoms. The number of benzene rings is 1. The number of fused-ring (bicyclic) bond motifs is 2. The number of rotatable bonds is 12. The highest BCUT2D eigenvalue weighted by Crippen LogP contribution is 2.58. The Hall–Kier alpha value is -3.40. The quantitative estimate of drug-likeness (QED) is 0.150. The molecule has 13 nitrogen and oxygen atoms in total. The minimum absolute atomic E-state index is 0.0619. The van der Waals surface area contributed by atoms with Gasteiger partial charge >= 0.3 is 17.9 Å². The highest BCUT2D eigenvalue weighted by Gasteiger charge is 2.83. The van der Waals surface area contributed by atoms with Crippen LogP contribution in [0.3, 0.4) is 0 Å². The van der Waals surface area contributed by atoms with Crippen molar-refractivity contribution in [2.75, 3.05) is 12.4 Å². The van der Waals surface area contributed by atoms with Gasteiger partial charge < -0.3 is 45.1 Å². The van der Waals surface area contributed by atoms with E-state index in [-0.39, 0.29) is 24.5 Å². The minimum Gasteiger partial charge on any atom is -0.479 e. The van der Waals surface area contributed by atoms with E-state index in [1.54, 1.807) is 7.05 Å². The van der Waals surface area contributed by atoms with Crippen LogP contribution in [0.1, 0.15) is 44.1 Å². The molecule has 14 heteroatoms. The fourth-order valence-corrected chi connectivity index (χ4v) is 6.43. The lowest BCUT2D eigenvalue weighted by Gasteiger charge is -2.49. The number of aliphatic hydroxyl groups excluding tert-OH is 2. The number of ether oxygens (including phenoxy) is 3. The molecule has 0 unspecified atom stereocenters. The number of carboxylic acid groups (broad SMARTS) is 2. The predicted molar refractivity (Wildman–Crippen MR) is 148 cm³/mol. The van der Waals surface area contributed by atoms with E-state index in [2.05, 4.69) is 16.9 Å². The van der Waals surface area contributed by atoms with Gasteiger partial charge in [0.05, 0.1) is 5.69 Å². The molecule has 2 aromatic rings. The van der Waals surface area contributed by atoms with E-state index in [1.807, 2.05) is 37.3 Å². The molecule has 8 atom stereocenters. The number of nitrogens with zero attached hydrogens (tertiary/aromatic N) is 1. The first-order chi connectivity index (χ1) is 19.7. The van der Waals surface area contributed by atoms with Gasteiger partial charge in [-0.05, 0) is 24.0 Å². The van der Waals surface area contributed by atoms with Crippen molar-refractivity contribution in [3.05, 3.63) is 59.1 Å². The molecule has 2 aliphatic rings. The molecule has 0 saturated carbocycles. The fourth-order valence-electron chi connectivity index (χ4n) is 5.74. The van der Waals surface area contributed by atoms with Crippen LogP contribution in [-0.2, 0) is 35.0 Å². The average molecular weight is 607 g/mol. The summed E-state index contributed by atoms with van der Waals surface area (Å²) < 4.78 is 17.2. The topological polar surface area (TPSA) is 205 Å². The number of nitrogens with one attached hydrogen (secondary N) is 1. The van der Waals surface area contributed by atoms with Crippen molar-refractivity contribution in [2.45, 2.75) is 74.5 Å². The summed E-state index contributed by atoms with van der Waals surface area (Å²) >= 11 is 1.04. The molecule has 1 aromatic heterocycles. The van der Waals surface area contributed by atoms with Crippen molar-refractivity contribution in [3.8, 4) is 0 Å². The van der Waals surface area contributed by atoms with Crippen LogP contribution in [0.5, 0.6) is 0 Å². The van der Waals surface area contributed by atoms with Gasteiger partial charge in [0.2, 0.25) is 11.2 Å². The Morgan fingerprint density at radius 2 is 1.83 bits per heavy atom. The summed E-state index contributed by atoms with van der Waals surface area (Å²) in [4.78, 5) is 41.3. The molecule has 0 radical (unpaired) electrons. The molecule has 2 fully saturated rings. The van der Waals surface area contributed by atoms with E-state index in [4.69, 9.17) is 14.2 Å². The lowest BCUT2D eigenvalue weighted by molar-refractivity contribution is -0.383. The van der Waals surface area contributed by atoms with Crippen molar-refractivity contribution >= 4 is 34.4 Å². The van der Waals surface area contributed by atoms with Gasteiger partial charge in [-0.1, -0.05) is 43.8 Å². The van der Waals surface area contributed by atoms with Crippen LogP contribution < -0.4 is 5.32 Å². The third-order valence-corrected chi connectivity index (χ3v) is 8.70. The predicted octanol–water partition coefficient (Wildman–Crippen LogP) is 1.49. The van der Waals surface area contributed by atoms with Crippen molar-refractivity contribution in [1.29, 1.82) is 0 Å². The number of thiazole rings is 1. The normalized spacial score (nSPS) is 31.6. The van der Waals surface area contributed by atoms with Gasteiger partial charge in [0.1, 0.15) is 24.4 Å². The number of anilines is 1. The van der Waals surface area contributed by atoms with Crippen LogP contribution in [0, 0.1) is 5.92 Å². The summed E-state index contributed by atoms with van der Waals surface area (Å²) in [6.07, 6.45) is -7.16. The molecule has 228 valence electrons. The van der Waals surface area contributed by atoms with Gasteiger partial charge in [-0.15, -0.1) is 11.3 Å². The second kappa shape index (κ2) is 11.7. The monoisotopic (exact) mass is 606 g/mol. The van der Waals surface area contributed by atoms with Gasteiger partial charge in [-0.25, -0.2) is 14.6 Å². The number of carboxylic acids is 2. The van der Waals surface area contributed by atoms with E-state index >= 15 is 0 Å². The van der Waals surface area contributed by atoms with Crippen LogP contribution in [-0.4, -0.2) is 90.8 Å². The minimum atomic E-state index is -3.40. The van der Waals surface area contributed by atoms with Gasteiger partial charge in [-0.3, -0.25) is 4.79 Å². The van der Waals surface area contributed by atoms with Crippen molar-refractivity contribution in [3.63, 3.8) is 0 Å². The van der Waals surface area contributed by atoms with Crippen molar-refractivity contribution in [2.24, 2.45) is 5.92 Å². The average Bonchev–Trinajstić information content (AvgIpc) is 3.50. The molecule has 2 saturated heterocycles. The van der Waals surface area contributed by atoms with Crippen molar-refractivity contribution < 1.29 is 54.1 Å². The Balaban J connectivity index is 1.69. The zero-order valence-electron chi connectivity index (χ0n) is 23.2.